The van der Waals surface area contributed by atoms with Crippen LogP contribution in [0.1, 0.15) is 19.3 Å². The number of pyridine rings is 1. The van der Waals surface area contributed by atoms with E-state index in [1.807, 2.05) is 0 Å². The van der Waals surface area contributed by atoms with Gasteiger partial charge in [0, 0.05) is 29.3 Å². The smallest absolute Gasteiger partial charge is 0.251 e. The van der Waals surface area contributed by atoms with Crippen LogP contribution in [-0.2, 0) is 11.3 Å². The van der Waals surface area contributed by atoms with Crippen molar-refractivity contribution in [3.63, 3.8) is 0 Å². The molecule has 0 unspecified atom stereocenters. The van der Waals surface area contributed by atoms with Crippen molar-refractivity contribution in [3.8, 4) is 0 Å². The van der Waals surface area contributed by atoms with Gasteiger partial charge < -0.3 is 14.6 Å². The van der Waals surface area contributed by atoms with Crippen LogP contribution in [0.3, 0.4) is 0 Å². The lowest BCUT2D eigenvalue weighted by atomic mass is 9.91. The molecule has 5 nitrogen and oxygen atoms in total. The average Bonchev–Trinajstić information content (AvgIpc) is 2.31. The third kappa shape index (κ3) is 3.45. The van der Waals surface area contributed by atoms with E-state index in [1.54, 1.807) is 17.2 Å². The fraction of sp³-hybridized carbons (Fsp3) is 0.538. The maximum atomic E-state index is 12.2. The van der Waals surface area contributed by atoms with Gasteiger partial charge in [0.2, 0.25) is 5.91 Å². The molecule has 0 bridgehead atoms. The van der Waals surface area contributed by atoms with Gasteiger partial charge in [-0.2, -0.15) is 0 Å². The molecule has 0 atom stereocenters. The molecule has 19 heavy (non-hydrogen) atoms. The maximum Gasteiger partial charge on any atom is 0.251 e. The molecule has 0 aliphatic heterocycles. The predicted molar refractivity (Wildman–Crippen MR) is 74.8 cm³/mol. The van der Waals surface area contributed by atoms with Gasteiger partial charge in [-0.05, 0) is 41.3 Å². The molecule has 1 saturated carbocycles. The number of nitrogens with zero attached hydrogens (tertiary/aromatic N) is 2. The van der Waals surface area contributed by atoms with E-state index >= 15 is 0 Å². The summed E-state index contributed by atoms with van der Waals surface area (Å²) < 4.78 is 2.15. The summed E-state index contributed by atoms with van der Waals surface area (Å²) in [5, 5.41) is 9.05. The molecule has 6 heteroatoms. The first-order valence-electron chi connectivity index (χ1n) is 6.38. The topological polar surface area (TPSA) is 62.5 Å². The first-order chi connectivity index (χ1) is 9.11. The van der Waals surface area contributed by atoms with Crippen molar-refractivity contribution in [3.05, 3.63) is 33.2 Å². The monoisotopic (exact) mass is 328 g/mol. The van der Waals surface area contributed by atoms with Crippen molar-refractivity contribution in [2.24, 2.45) is 0 Å². The third-order valence-corrected chi connectivity index (χ3v) is 3.90. The van der Waals surface area contributed by atoms with E-state index in [9.17, 15) is 9.59 Å². The largest absolute Gasteiger partial charge is 0.395 e. The number of amides is 1. The van der Waals surface area contributed by atoms with Gasteiger partial charge in [0.25, 0.3) is 5.56 Å². The molecule has 0 spiro atoms. The second-order valence-corrected chi connectivity index (χ2v) is 5.62. The summed E-state index contributed by atoms with van der Waals surface area (Å²) in [7, 11) is 0. The Morgan fingerprint density at radius 2 is 2.21 bits per heavy atom. The van der Waals surface area contributed by atoms with Gasteiger partial charge >= 0.3 is 0 Å². The lowest BCUT2D eigenvalue weighted by molar-refractivity contribution is -0.136. The molecule has 1 N–H and O–H groups in total. The number of halogens is 1. The fourth-order valence-electron chi connectivity index (χ4n) is 2.18. The molecule has 2 rings (SSSR count). The number of carbonyl (C=O) groups excluding carboxylic acids is 1. The van der Waals surface area contributed by atoms with Crippen LogP contribution in [0.5, 0.6) is 0 Å². The van der Waals surface area contributed by atoms with Crippen molar-refractivity contribution in [2.45, 2.75) is 31.8 Å². The van der Waals surface area contributed by atoms with Crippen molar-refractivity contribution < 1.29 is 9.90 Å². The van der Waals surface area contributed by atoms with E-state index < -0.39 is 0 Å². The van der Waals surface area contributed by atoms with Crippen molar-refractivity contribution in [1.29, 1.82) is 0 Å². The normalized spacial score (nSPS) is 15.1. The van der Waals surface area contributed by atoms with Crippen LogP contribution in [0.15, 0.2) is 27.6 Å². The number of aliphatic hydroxyl groups is 1. The molecular weight excluding hydrogens is 312 g/mol. The number of aliphatic hydroxyl groups excluding tert-OH is 1. The summed E-state index contributed by atoms with van der Waals surface area (Å²) in [5.74, 6) is -0.112. The molecule has 0 saturated heterocycles. The van der Waals surface area contributed by atoms with Crippen molar-refractivity contribution in [2.75, 3.05) is 13.2 Å². The quantitative estimate of drug-likeness (QED) is 0.876. The van der Waals surface area contributed by atoms with Crippen molar-refractivity contribution >= 4 is 21.8 Å². The Morgan fingerprint density at radius 3 is 2.79 bits per heavy atom. The van der Waals surface area contributed by atoms with Gasteiger partial charge in [-0.3, -0.25) is 9.59 Å². The van der Waals surface area contributed by atoms with Crippen LogP contribution >= 0.6 is 15.9 Å². The summed E-state index contributed by atoms with van der Waals surface area (Å²) in [5.41, 5.74) is -0.200. The number of hydrogen-bond donors (Lipinski definition) is 1. The lowest BCUT2D eigenvalue weighted by Crippen LogP contribution is -2.47. The zero-order valence-corrected chi connectivity index (χ0v) is 12.2. The van der Waals surface area contributed by atoms with Crippen LogP contribution in [0.25, 0.3) is 0 Å². The first-order valence-corrected chi connectivity index (χ1v) is 7.17. The van der Waals surface area contributed by atoms with Crippen molar-refractivity contribution in [1.82, 2.24) is 9.47 Å². The number of aromatic nitrogens is 1. The number of rotatable bonds is 5. The molecule has 1 amide bonds. The van der Waals surface area contributed by atoms with E-state index in [0.29, 0.717) is 6.54 Å². The fourth-order valence-corrected chi connectivity index (χ4v) is 2.56. The molecule has 1 aromatic rings. The predicted octanol–water partition coefficient (Wildman–Crippen LogP) is 0.984. The Labute approximate surface area is 120 Å². The van der Waals surface area contributed by atoms with Crippen LogP contribution < -0.4 is 5.56 Å². The number of carbonyl (C=O) groups is 1. The molecule has 0 radical (unpaired) electrons. The van der Waals surface area contributed by atoms with E-state index in [-0.39, 0.29) is 30.7 Å². The molecule has 1 aliphatic carbocycles. The maximum absolute atomic E-state index is 12.2. The number of hydrogen-bond acceptors (Lipinski definition) is 3. The Kier molecular flexibility index (Phi) is 4.76. The van der Waals surface area contributed by atoms with Gasteiger partial charge in [0.1, 0.15) is 6.54 Å². The van der Waals surface area contributed by atoms with E-state index in [4.69, 9.17) is 5.11 Å². The van der Waals surface area contributed by atoms with Gasteiger partial charge in [-0.1, -0.05) is 0 Å². The summed E-state index contributed by atoms with van der Waals surface area (Å²) in [6, 6.07) is 3.31. The molecule has 0 aromatic carbocycles. The summed E-state index contributed by atoms with van der Waals surface area (Å²) in [6.07, 6.45) is 4.70. The Morgan fingerprint density at radius 1 is 1.47 bits per heavy atom. The van der Waals surface area contributed by atoms with Gasteiger partial charge in [0.05, 0.1) is 6.61 Å². The Bertz CT molecular complexity index is 511. The Hall–Kier alpha value is -1.14. The van der Waals surface area contributed by atoms with Crippen LogP contribution in [-0.4, -0.2) is 39.7 Å². The van der Waals surface area contributed by atoms with Crippen LogP contribution in [0.4, 0.5) is 0 Å². The lowest BCUT2D eigenvalue weighted by Gasteiger charge is -2.37. The van der Waals surface area contributed by atoms with E-state index in [2.05, 4.69) is 15.9 Å². The van der Waals surface area contributed by atoms with Gasteiger partial charge in [0.15, 0.2) is 0 Å². The summed E-state index contributed by atoms with van der Waals surface area (Å²) in [4.78, 5) is 25.6. The van der Waals surface area contributed by atoms with Gasteiger partial charge in [-0.15, -0.1) is 0 Å². The highest BCUT2D eigenvalue weighted by Crippen LogP contribution is 2.24. The highest BCUT2D eigenvalue weighted by Gasteiger charge is 2.28. The van der Waals surface area contributed by atoms with E-state index in [0.717, 1.165) is 23.7 Å². The zero-order valence-electron chi connectivity index (χ0n) is 10.6. The molecule has 104 valence electrons. The average molecular weight is 329 g/mol. The summed E-state index contributed by atoms with van der Waals surface area (Å²) >= 11 is 3.28. The highest BCUT2D eigenvalue weighted by molar-refractivity contribution is 9.10. The molecule has 1 aliphatic rings. The Balaban J connectivity index is 2.09. The minimum absolute atomic E-state index is 0.0226. The molecule has 1 heterocycles. The van der Waals surface area contributed by atoms with E-state index in [1.165, 1.54) is 10.6 Å². The SMILES string of the molecule is O=C(Cn1cc(Br)ccc1=O)N(CCO)C1CCC1. The standard InChI is InChI=1S/C13H17BrN2O3/c14-10-4-5-12(18)15(8-10)9-13(19)16(6-7-17)11-2-1-3-11/h4-5,8,11,17H,1-3,6-7,9H2. The van der Waals surface area contributed by atoms with Crippen LogP contribution in [0.2, 0.25) is 0 Å². The summed E-state index contributed by atoms with van der Waals surface area (Å²) in [6.45, 7) is 0.316. The molecule has 1 fully saturated rings. The van der Waals surface area contributed by atoms with Gasteiger partial charge in [-0.25, -0.2) is 0 Å². The minimum Gasteiger partial charge on any atom is -0.395 e. The second kappa shape index (κ2) is 6.34. The minimum atomic E-state index is -0.200. The third-order valence-electron chi connectivity index (χ3n) is 3.43. The zero-order chi connectivity index (χ0) is 13.8. The molecule has 1 aromatic heterocycles. The molecular formula is C13H17BrN2O3. The first kappa shape index (κ1) is 14.3. The van der Waals surface area contributed by atoms with Crippen LogP contribution in [0, 0.1) is 0 Å². The second-order valence-electron chi connectivity index (χ2n) is 4.71. The highest BCUT2D eigenvalue weighted by atomic mass is 79.9.